The number of aromatic nitrogens is 2. The normalized spacial score (nSPS) is 16.8. The molecule has 0 saturated carbocycles. The number of nitrogens with one attached hydrogen (secondary N) is 1. The molecule has 1 aromatic heterocycles. The van der Waals surface area contributed by atoms with Crippen molar-refractivity contribution in [2.45, 2.75) is 32.7 Å². The van der Waals surface area contributed by atoms with Gasteiger partial charge in [0.15, 0.2) is 0 Å². The van der Waals surface area contributed by atoms with Crippen LogP contribution in [0.15, 0.2) is 18.2 Å². The summed E-state index contributed by atoms with van der Waals surface area (Å²) in [5, 5.41) is 3.00. The van der Waals surface area contributed by atoms with Gasteiger partial charge in [0.1, 0.15) is 0 Å². The number of rotatable bonds is 4. The Bertz CT molecular complexity index is 966. The number of carbonyl (C=O) groups is 1. The summed E-state index contributed by atoms with van der Waals surface area (Å²) in [5.74, 6) is -0.175. The van der Waals surface area contributed by atoms with Gasteiger partial charge in [0.2, 0.25) is 0 Å². The standard InChI is InChI=1S/C18H25N5O3S/c1-12-13(2)20-17-11-14(5-6-16(17)19-12)18(24)21-15-7-9-23(10-8-15)27(25,26)22(3)4/h5-6,11,15H,7-10H2,1-4H3,(H,21,24). The van der Waals surface area contributed by atoms with Crippen molar-refractivity contribution in [2.24, 2.45) is 0 Å². The van der Waals surface area contributed by atoms with Crippen molar-refractivity contribution in [3.8, 4) is 0 Å². The minimum absolute atomic E-state index is 0.0485. The van der Waals surface area contributed by atoms with E-state index < -0.39 is 10.2 Å². The number of benzene rings is 1. The Kier molecular flexibility index (Phi) is 5.45. The Morgan fingerprint density at radius 2 is 1.70 bits per heavy atom. The van der Waals surface area contributed by atoms with E-state index in [9.17, 15) is 13.2 Å². The van der Waals surface area contributed by atoms with E-state index in [4.69, 9.17) is 0 Å². The minimum Gasteiger partial charge on any atom is -0.349 e. The maximum Gasteiger partial charge on any atom is 0.281 e. The molecule has 0 aliphatic carbocycles. The van der Waals surface area contributed by atoms with Crippen molar-refractivity contribution < 1.29 is 13.2 Å². The zero-order chi connectivity index (χ0) is 19.8. The number of amides is 1. The summed E-state index contributed by atoms with van der Waals surface area (Å²) in [4.78, 5) is 21.6. The van der Waals surface area contributed by atoms with Gasteiger partial charge in [-0.15, -0.1) is 0 Å². The quantitative estimate of drug-likeness (QED) is 0.846. The monoisotopic (exact) mass is 391 g/mol. The molecule has 1 aromatic carbocycles. The van der Waals surface area contributed by atoms with Gasteiger partial charge in [-0.2, -0.15) is 17.0 Å². The van der Waals surface area contributed by atoms with E-state index >= 15 is 0 Å². The van der Waals surface area contributed by atoms with Crippen LogP contribution in [-0.4, -0.2) is 66.1 Å². The van der Waals surface area contributed by atoms with Crippen LogP contribution in [0.2, 0.25) is 0 Å². The fourth-order valence-electron chi connectivity index (χ4n) is 3.10. The third-order valence-corrected chi connectivity index (χ3v) is 6.86. The van der Waals surface area contributed by atoms with Crippen LogP contribution in [0.4, 0.5) is 0 Å². The summed E-state index contributed by atoms with van der Waals surface area (Å²) in [6.07, 6.45) is 1.18. The van der Waals surface area contributed by atoms with Crippen LogP contribution >= 0.6 is 0 Å². The first kappa shape index (κ1) is 19.7. The minimum atomic E-state index is -3.40. The molecule has 27 heavy (non-hydrogen) atoms. The average Bonchev–Trinajstić information content (AvgIpc) is 2.62. The number of piperidine rings is 1. The summed E-state index contributed by atoms with van der Waals surface area (Å²) in [6, 6.07) is 5.24. The molecule has 0 atom stereocenters. The zero-order valence-electron chi connectivity index (χ0n) is 16.1. The number of hydrogen-bond donors (Lipinski definition) is 1. The molecule has 1 aliphatic heterocycles. The Hall–Kier alpha value is -2.10. The van der Waals surface area contributed by atoms with Gasteiger partial charge in [0.25, 0.3) is 16.1 Å². The van der Waals surface area contributed by atoms with Crippen molar-refractivity contribution >= 4 is 27.1 Å². The second kappa shape index (κ2) is 7.49. The fraction of sp³-hybridized carbons (Fsp3) is 0.500. The Labute approximate surface area is 159 Å². The van der Waals surface area contributed by atoms with Crippen molar-refractivity contribution in [2.75, 3.05) is 27.2 Å². The molecule has 1 N–H and O–H groups in total. The SMILES string of the molecule is Cc1nc2ccc(C(=O)NC3CCN(S(=O)(=O)N(C)C)CC3)cc2nc1C. The van der Waals surface area contributed by atoms with Gasteiger partial charge in [-0.25, -0.2) is 9.97 Å². The first-order valence-electron chi connectivity index (χ1n) is 8.92. The molecule has 0 radical (unpaired) electrons. The predicted molar refractivity (Wildman–Crippen MR) is 104 cm³/mol. The molecule has 1 amide bonds. The maximum atomic E-state index is 12.6. The van der Waals surface area contributed by atoms with Crippen LogP contribution in [0.3, 0.4) is 0 Å². The lowest BCUT2D eigenvalue weighted by Crippen LogP contribution is -2.49. The fourth-order valence-corrected chi connectivity index (χ4v) is 4.24. The summed E-state index contributed by atoms with van der Waals surface area (Å²) >= 11 is 0. The number of nitrogens with zero attached hydrogens (tertiary/aromatic N) is 4. The molecule has 0 spiro atoms. The van der Waals surface area contributed by atoms with Gasteiger partial charge in [0, 0.05) is 38.8 Å². The number of carbonyl (C=O) groups excluding carboxylic acids is 1. The molecular weight excluding hydrogens is 366 g/mol. The average molecular weight is 391 g/mol. The van der Waals surface area contributed by atoms with Crippen molar-refractivity contribution in [1.29, 1.82) is 0 Å². The van der Waals surface area contributed by atoms with Crippen molar-refractivity contribution in [3.63, 3.8) is 0 Å². The van der Waals surface area contributed by atoms with Crippen LogP contribution in [0.5, 0.6) is 0 Å². The number of hydrogen-bond acceptors (Lipinski definition) is 5. The van der Waals surface area contributed by atoms with Gasteiger partial charge in [-0.1, -0.05) is 0 Å². The van der Waals surface area contributed by atoms with Gasteiger partial charge in [0.05, 0.1) is 22.4 Å². The van der Waals surface area contributed by atoms with Crippen LogP contribution < -0.4 is 5.32 Å². The van der Waals surface area contributed by atoms with Crippen molar-refractivity contribution in [1.82, 2.24) is 23.9 Å². The highest BCUT2D eigenvalue weighted by Gasteiger charge is 2.30. The third kappa shape index (κ3) is 4.10. The lowest BCUT2D eigenvalue weighted by atomic mass is 10.1. The molecule has 146 valence electrons. The highest BCUT2D eigenvalue weighted by Crippen LogP contribution is 2.18. The summed E-state index contributed by atoms with van der Waals surface area (Å²) in [5.41, 5.74) is 3.70. The van der Waals surface area contributed by atoms with Crippen molar-refractivity contribution in [3.05, 3.63) is 35.2 Å². The van der Waals surface area contributed by atoms with Gasteiger partial charge < -0.3 is 5.32 Å². The molecule has 1 saturated heterocycles. The predicted octanol–water partition coefficient (Wildman–Crippen LogP) is 1.25. The molecule has 2 heterocycles. The summed E-state index contributed by atoms with van der Waals surface area (Å²) in [6.45, 7) is 4.59. The first-order chi connectivity index (χ1) is 12.7. The Morgan fingerprint density at radius 1 is 1.11 bits per heavy atom. The summed E-state index contributed by atoms with van der Waals surface area (Å²) in [7, 11) is -0.352. The highest BCUT2D eigenvalue weighted by atomic mass is 32.2. The molecule has 3 rings (SSSR count). The van der Waals surface area contributed by atoms with Crippen LogP contribution in [0.1, 0.15) is 34.6 Å². The topological polar surface area (TPSA) is 95.5 Å². The maximum absolute atomic E-state index is 12.6. The van der Waals surface area contributed by atoms with E-state index in [0.29, 0.717) is 37.0 Å². The lowest BCUT2D eigenvalue weighted by molar-refractivity contribution is 0.0923. The molecule has 0 unspecified atom stereocenters. The van der Waals surface area contributed by atoms with E-state index in [1.807, 2.05) is 13.8 Å². The van der Waals surface area contributed by atoms with Crippen LogP contribution in [-0.2, 0) is 10.2 Å². The number of aryl methyl sites for hydroxylation is 2. The largest absolute Gasteiger partial charge is 0.349 e. The Morgan fingerprint density at radius 3 is 2.30 bits per heavy atom. The van der Waals surface area contributed by atoms with Gasteiger partial charge in [-0.05, 0) is 44.9 Å². The van der Waals surface area contributed by atoms with Crippen LogP contribution in [0.25, 0.3) is 11.0 Å². The summed E-state index contributed by atoms with van der Waals surface area (Å²) < 4.78 is 27.0. The smallest absolute Gasteiger partial charge is 0.281 e. The molecule has 1 fully saturated rings. The molecular formula is C18H25N5O3S. The molecule has 2 aromatic rings. The van der Waals surface area contributed by atoms with E-state index in [1.54, 1.807) is 18.2 Å². The zero-order valence-corrected chi connectivity index (χ0v) is 16.9. The van der Waals surface area contributed by atoms with E-state index in [-0.39, 0.29) is 11.9 Å². The van der Waals surface area contributed by atoms with Gasteiger partial charge >= 0.3 is 0 Å². The van der Waals surface area contributed by atoms with E-state index in [1.165, 1.54) is 22.7 Å². The molecule has 1 aliphatic rings. The second-order valence-electron chi connectivity index (χ2n) is 7.03. The van der Waals surface area contributed by atoms with E-state index in [2.05, 4.69) is 15.3 Å². The lowest BCUT2D eigenvalue weighted by Gasteiger charge is -2.33. The van der Waals surface area contributed by atoms with Crippen LogP contribution in [0, 0.1) is 13.8 Å². The third-order valence-electron chi connectivity index (χ3n) is 4.91. The number of fused-ring (bicyclic) bond motifs is 1. The molecule has 9 heteroatoms. The van der Waals surface area contributed by atoms with Gasteiger partial charge in [-0.3, -0.25) is 4.79 Å². The Balaban J connectivity index is 1.66. The molecule has 8 nitrogen and oxygen atoms in total. The van der Waals surface area contributed by atoms with E-state index in [0.717, 1.165) is 16.9 Å². The first-order valence-corrected chi connectivity index (χ1v) is 10.3. The highest BCUT2D eigenvalue weighted by molar-refractivity contribution is 7.86. The second-order valence-corrected chi connectivity index (χ2v) is 9.18. The molecule has 0 bridgehead atoms.